The Morgan fingerprint density at radius 2 is 1.80 bits per heavy atom. The van der Waals surface area contributed by atoms with Gasteiger partial charge in [0.2, 0.25) is 5.91 Å². The fraction of sp³-hybridized carbons (Fsp3) is 0.259. The molecule has 0 bridgehead atoms. The van der Waals surface area contributed by atoms with Gasteiger partial charge in [0, 0.05) is 49.7 Å². The summed E-state index contributed by atoms with van der Waals surface area (Å²) in [5.74, 6) is 0.554. The maximum Gasteiger partial charge on any atom is 0.262 e. The van der Waals surface area contributed by atoms with E-state index in [4.69, 9.17) is 4.74 Å². The molecule has 3 heterocycles. The van der Waals surface area contributed by atoms with Gasteiger partial charge in [0.1, 0.15) is 11.8 Å². The topological polar surface area (TPSA) is 77.7 Å². The smallest absolute Gasteiger partial charge is 0.262 e. The first-order chi connectivity index (χ1) is 17.1. The van der Waals surface area contributed by atoms with Gasteiger partial charge in [-0.3, -0.25) is 9.59 Å². The summed E-state index contributed by atoms with van der Waals surface area (Å²) < 4.78 is 5.51. The number of fused-ring (bicyclic) bond motifs is 1. The number of methoxy groups -OCH3 is 1. The van der Waals surface area contributed by atoms with Crippen LogP contribution in [0.5, 0.6) is 5.75 Å². The molecule has 35 heavy (non-hydrogen) atoms. The van der Waals surface area contributed by atoms with Crippen LogP contribution < -0.4 is 15.0 Å². The lowest BCUT2D eigenvalue weighted by atomic mass is 10.0. The van der Waals surface area contributed by atoms with E-state index < -0.39 is 6.04 Å². The van der Waals surface area contributed by atoms with Gasteiger partial charge in [0.15, 0.2) is 0 Å². The summed E-state index contributed by atoms with van der Waals surface area (Å²) in [5.41, 5.74) is 3.06. The van der Waals surface area contributed by atoms with E-state index in [2.05, 4.69) is 15.2 Å². The third-order valence-corrected chi connectivity index (χ3v) is 7.33. The fourth-order valence-corrected chi connectivity index (χ4v) is 5.26. The van der Waals surface area contributed by atoms with E-state index in [9.17, 15) is 9.59 Å². The van der Waals surface area contributed by atoms with Crippen LogP contribution in [0, 0.1) is 0 Å². The van der Waals surface area contributed by atoms with Crippen LogP contribution in [0.3, 0.4) is 0 Å². The van der Waals surface area contributed by atoms with Gasteiger partial charge in [-0.2, -0.15) is 0 Å². The minimum absolute atomic E-state index is 0.0557. The zero-order valence-corrected chi connectivity index (χ0v) is 20.4. The van der Waals surface area contributed by atoms with Gasteiger partial charge in [-0.15, -0.1) is 11.3 Å². The van der Waals surface area contributed by atoms with Gasteiger partial charge < -0.3 is 24.8 Å². The maximum atomic E-state index is 13.7. The van der Waals surface area contributed by atoms with Crippen LogP contribution in [-0.4, -0.2) is 61.0 Å². The summed E-state index contributed by atoms with van der Waals surface area (Å²) in [6.07, 6.45) is 2.36. The molecule has 0 unspecified atom stereocenters. The number of aromatic amines is 1. The summed E-state index contributed by atoms with van der Waals surface area (Å²) in [4.78, 5) is 34.6. The van der Waals surface area contributed by atoms with Gasteiger partial charge in [0.25, 0.3) is 5.91 Å². The van der Waals surface area contributed by atoms with Crippen LogP contribution >= 0.6 is 11.3 Å². The number of carbonyl (C=O) groups excluding carboxylic acids is 2. The van der Waals surface area contributed by atoms with Gasteiger partial charge in [-0.05, 0) is 35.2 Å². The Morgan fingerprint density at radius 1 is 1.03 bits per heavy atom. The molecule has 8 heteroatoms. The summed E-state index contributed by atoms with van der Waals surface area (Å²) >= 11 is 1.37. The number of aromatic nitrogens is 1. The third-order valence-electron chi connectivity index (χ3n) is 6.46. The number of anilines is 1. The number of H-pyrrole nitrogens is 1. The van der Waals surface area contributed by atoms with Gasteiger partial charge in [0.05, 0.1) is 17.7 Å². The number of nitrogens with zero attached hydrogens (tertiary/aromatic N) is 2. The van der Waals surface area contributed by atoms with Crippen molar-refractivity contribution in [2.24, 2.45) is 0 Å². The third kappa shape index (κ3) is 4.88. The lowest BCUT2D eigenvalue weighted by molar-refractivity contribution is -0.133. The van der Waals surface area contributed by atoms with Crippen LogP contribution in [0.1, 0.15) is 15.2 Å². The van der Waals surface area contributed by atoms with E-state index in [0.29, 0.717) is 37.5 Å². The van der Waals surface area contributed by atoms with Crippen molar-refractivity contribution in [3.63, 3.8) is 0 Å². The molecular weight excluding hydrogens is 460 g/mol. The molecule has 1 fully saturated rings. The second-order valence-electron chi connectivity index (χ2n) is 8.55. The van der Waals surface area contributed by atoms with E-state index in [0.717, 1.165) is 27.9 Å². The second-order valence-corrected chi connectivity index (χ2v) is 9.50. The number of piperazine rings is 1. The number of hydrogen-bond donors (Lipinski definition) is 2. The molecule has 0 spiro atoms. The highest BCUT2D eigenvalue weighted by Gasteiger charge is 2.30. The number of carbonyl (C=O) groups is 2. The molecule has 1 aliphatic rings. The number of nitrogens with one attached hydrogen (secondary N) is 2. The Hall–Kier alpha value is -3.78. The fourth-order valence-electron chi connectivity index (χ4n) is 4.64. The minimum Gasteiger partial charge on any atom is -0.495 e. The van der Waals surface area contributed by atoms with Gasteiger partial charge >= 0.3 is 0 Å². The monoisotopic (exact) mass is 488 g/mol. The molecule has 1 saturated heterocycles. The van der Waals surface area contributed by atoms with Crippen molar-refractivity contribution in [1.82, 2.24) is 15.2 Å². The molecule has 4 aromatic rings. The van der Waals surface area contributed by atoms with Crippen molar-refractivity contribution in [3.05, 3.63) is 82.7 Å². The molecule has 0 aliphatic carbocycles. The highest BCUT2D eigenvalue weighted by Crippen LogP contribution is 2.28. The number of ether oxygens (including phenoxy) is 1. The first kappa shape index (κ1) is 23.0. The average Bonchev–Trinajstić information content (AvgIpc) is 3.59. The molecule has 1 atom stereocenters. The molecule has 7 nitrogen and oxygen atoms in total. The van der Waals surface area contributed by atoms with Crippen LogP contribution in [0.2, 0.25) is 0 Å². The summed E-state index contributed by atoms with van der Waals surface area (Å²) in [5, 5.41) is 5.94. The zero-order valence-electron chi connectivity index (χ0n) is 19.6. The first-order valence-electron chi connectivity index (χ1n) is 11.7. The standard InChI is InChI=1S/C27H28N4O3S/c1-34-24-10-5-4-9-23(24)30-12-14-31(15-13-30)27(33)22(29-26(32)25-11-6-16-35-25)17-19-18-28-21-8-3-2-7-20(19)21/h2-11,16,18,22,28H,12-15,17H2,1H3,(H,29,32)/t22-/m1/s1. The number of para-hydroxylation sites is 3. The number of thiophene rings is 1. The second kappa shape index (κ2) is 10.2. The largest absolute Gasteiger partial charge is 0.495 e. The highest BCUT2D eigenvalue weighted by atomic mass is 32.1. The summed E-state index contributed by atoms with van der Waals surface area (Å²) in [6.45, 7) is 2.56. The van der Waals surface area contributed by atoms with Crippen molar-refractivity contribution in [3.8, 4) is 5.75 Å². The van der Waals surface area contributed by atoms with E-state index in [1.807, 2.05) is 71.1 Å². The zero-order chi connectivity index (χ0) is 24.2. The highest BCUT2D eigenvalue weighted by molar-refractivity contribution is 7.12. The summed E-state index contributed by atoms with van der Waals surface area (Å²) in [7, 11) is 1.67. The predicted octanol–water partition coefficient (Wildman–Crippen LogP) is 3.93. The molecule has 0 saturated carbocycles. The molecule has 0 radical (unpaired) electrons. The number of rotatable bonds is 7. The van der Waals surface area contributed by atoms with E-state index >= 15 is 0 Å². The summed E-state index contributed by atoms with van der Waals surface area (Å²) in [6, 6.07) is 18.9. The maximum absolute atomic E-state index is 13.7. The lowest BCUT2D eigenvalue weighted by Crippen LogP contribution is -2.55. The molecule has 180 valence electrons. The Morgan fingerprint density at radius 3 is 2.57 bits per heavy atom. The molecule has 2 aromatic carbocycles. The number of hydrogen-bond acceptors (Lipinski definition) is 5. The van der Waals surface area contributed by atoms with Crippen molar-refractivity contribution in [2.45, 2.75) is 12.5 Å². The average molecular weight is 489 g/mol. The van der Waals surface area contributed by atoms with Gasteiger partial charge in [-0.1, -0.05) is 36.4 Å². The molecular formula is C27H28N4O3S. The van der Waals surface area contributed by atoms with Crippen molar-refractivity contribution < 1.29 is 14.3 Å². The quantitative estimate of drug-likeness (QED) is 0.413. The van der Waals surface area contributed by atoms with E-state index in [1.54, 1.807) is 13.2 Å². The molecule has 5 rings (SSSR count). The number of benzene rings is 2. The molecule has 2 amide bonds. The van der Waals surface area contributed by atoms with Gasteiger partial charge in [-0.25, -0.2) is 0 Å². The Labute approximate surface area is 208 Å². The first-order valence-corrected chi connectivity index (χ1v) is 12.6. The van der Waals surface area contributed by atoms with Crippen molar-refractivity contribution in [1.29, 1.82) is 0 Å². The molecule has 2 N–H and O–H groups in total. The van der Waals surface area contributed by atoms with E-state index in [1.165, 1.54) is 11.3 Å². The van der Waals surface area contributed by atoms with Crippen LogP contribution in [0.15, 0.2) is 72.2 Å². The van der Waals surface area contributed by atoms with Crippen LogP contribution in [0.25, 0.3) is 10.9 Å². The Kier molecular flexibility index (Phi) is 6.72. The predicted molar refractivity (Wildman–Crippen MR) is 139 cm³/mol. The van der Waals surface area contributed by atoms with Crippen molar-refractivity contribution >= 4 is 39.7 Å². The minimum atomic E-state index is -0.651. The van der Waals surface area contributed by atoms with Crippen LogP contribution in [0.4, 0.5) is 5.69 Å². The SMILES string of the molecule is COc1ccccc1N1CCN(C(=O)[C@@H](Cc2c[nH]c3ccccc23)NC(=O)c2cccs2)CC1. The molecule has 2 aromatic heterocycles. The Bertz CT molecular complexity index is 1310. The number of amides is 2. The van der Waals surface area contributed by atoms with Crippen LogP contribution in [-0.2, 0) is 11.2 Å². The van der Waals surface area contributed by atoms with E-state index in [-0.39, 0.29) is 11.8 Å². The van der Waals surface area contributed by atoms with Crippen molar-refractivity contribution in [2.75, 3.05) is 38.2 Å². The molecule has 1 aliphatic heterocycles. The normalized spacial score (nSPS) is 14.7. The Balaban J connectivity index is 1.33. The lowest BCUT2D eigenvalue weighted by Gasteiger charge is -2.38.